The minimum Gasteiger partial charge on any atom is -0.309 e. The van der Waals surface area contributed by atoms with Gasteiger partial charge in [0.1, 0.15) is 0 Å². The van der Waals surface area contributed by atoms with Gasteiger partial charge in [-0.2, -0.15) is 0 Å². The van der Waals surface area contributed by atoms with Crippen LogP contribution in [-0.2, 0) is 0 Å². The molecule has 15 aromatic rings. The van der Waals surface area contributed by atoms with Crippen molar-refractivity contribution in [3.63, 3.8) is 0 Å². The summed E-state index contributed by atoms with van der Waals surface area (Å²) in [5, 5.41) is 9.15. The van der Waals surface area contributed by atoms with Gasteiger partial charge in [-0.05, 0) is 143 Å². The molecule has 0 amide bonds. The van der Waals surface area contributed by atoms with Crippen molar-refractivity contribution in [1.29, 1.82) is 0 Å². The Bertz CT molecular complexity index is 5460. The van der Waals surface area contributed by atoms with Crippen molar-refractivity contribution in [2.45, 2.75) is 0 Å². The van der Waals surface area contributed by atoms with E-state index in [1.165, 1.54) is 32.9 Å². The highest BCUT2D eigenvalue weighted by Crippen LogP contribution is 2.45. The van der Waals surface area contributed by atoms with Crippen molar-refractivity contribution in [2.24, 2.45) is 0 Å². The van der Waals surface area contributed by atoms with Crippen LogP contribution in [0, 0.1) is 0 Å². The number of nitrogens with zero attached hydrogens (tertiary/aromatic N) is 2. The third kappa shape index (κ3) is 8.17. The molecule has 0 aliphatic rings. The molecule has 81 heavy (non-hydrogen) atoms. The average molecular weight is 1060 g/mol. The third-order valence-corrected chi connectivity index (χ3v) is 20.5. The molecule has 2 nitrogen and oxygen atoms in total. The van der Waals surface area contributed by atoms with Gasteiger partial charge in [0.05, 0.1) is 42.6 Å². The Labute approximate surface area is 494 Å². The fraction of sp³-hybridized carbons (Fsp3) is 0. The zero-order valence-electron chi connectivity index (χ0n) is 58.4. The smallest absolute Gasteiger partial charge is 0.179 e. The Morgan fingerprint density at radius 3 is 1.22 bits per heavy atom. The van der Waals surface area contributed by atoms with Gasteiger partial charge in [-0.25, -0.2) is 0 Å². The lowest BCUT2D eigenvalue weighted by Gasteiger charge is -2.34. The molecule has 0 unspecified atom stereocenters. The Hall–Kier alpha value is -10.3. The molecule has 3 heteroatoms. The lowest BCUT2D eigenvalue weighted by atomic mass is 9.84. The van der Waals surface area contributed by atoms with Crippen LogP contribution < -0.4 is 20.7 Å². The minimum absolute atomic E-state index is 0.0804. The van der Waals surface area contributed by atoms with Gasteiger partial charge in [-0.1, -0.05) is 260 Å². The maximum Gasteiger partial charge on any atom is 0.179 e. The van der Waals surface area contributed by atoms with Gasteiger partial charge >= 0.3 is 0 Å². The summed E-state index contributed by atoms with van der Waals surface area (Å²) in [7, 11) is -2.84. The van der Waals surface area contributed by atoms with Crippen molar-refractivity contribution in [3.8, 4) is 67.0 Å². The summed E-state index contributed by atoms with van der Waals surface area (Å²) in [6.07, 6.45) is 0. The summed E-state index contributed by atoms with van der Waals surface area (Å²) < 4.78 is 139. The first-order valence-corrected chi connectivity index (χ1v) is 28.8. The molecule has 0 aliphatic heterocycles. The number of benzene rings is 13. The standard InChI is InChI=1S/C78H54N2Si/c1-7-25-55(26-8-1)61-52-70(56-27-9-2-10-28-56)78(71(53-61)57-29-11-3-12-30-57)60-32-23-33-62(49-60)79-75-44-22-20-42-69(75)73-54-63(46-48-77(73)79)80-74-43-21-19-41-68(74)72-51-59(45-47-76(72)80)58-31-24-40-67(50-58)81(64-34-13-4-14-35-64,65-36-15-5-16-37-65)66-38-17-6-18-39-66/h1-54H/i1D,2D,3D,7D,8D,9D,10D,11D,12D,25D,26D,27D,28D,29D,30D. The normalized spacial score (nSPS) is 14.3. The van der Waals surface area contributed by atoms with Gasteiger partial charge in [0, 0.05) is 32.9 Å². The molecule has 0 atom stereocenters. The molecule has 0 bridgehead atoms. The predicted octanol–water partition coefficient (Wildman–Crippen LogP) is 17.6. The number of para-hydroxylation sites is 2. The van der Waals surface area contributed by atoms with E-state index >= 15 is 0 Å². The molecule has 0 saturated carbocycles. The summed E-state index contributed by atoms with van der Waals surface area (Å²) in [6.45, 7) is 0. The van der Waals surface area contributed by atoms with Crippen molar-refractivity contribution in [1.82, 2.24) is 9.13 Å². The van der Waals surface area contributed by atoms with Crippen LogP contribution >= 0.6 is 0 Å². The van der Waals surface area contributed by atoms with Crippen molar-refractivity contribution < 1.29 is 20.6 Å². The van der Waals surface area contributed by atoms with E-state index in [0.717, 1.165) is 60.4 Å². The summed E-state index contributed by atoms with van der Waals surface area (Å²) >= 11 is 0. The molecule has 380 valence electrons. The van der Waals surface area contributed by atoms with E-state index in [2.05, 4.69) is 191 Å². The fourth-order valence-electron chi connectivity index (χ4n) is 12.3. The van der Waals surface area contributed by atoms with Crippen LogP contribution in [0.2, 0.25) is 0 Å². The van der Waals surface area contributed by atoms with E-state index in [9.17, 15) is 5.48 Å². The van der Waals surface area contributed by atoms with Gasteiger partial charge < -0.3 is 9.13 Å². The molecule has 0 radical (unpaired) electrons. The van der Waals surface area contributed by atoms with Crippen LogP contribution in [0.1, 0.15) is 20.6 Å². The zero-order chi connectivity index (χ0) is 66.7. The topological polar surface area (TPSA) is 9.86 Å². The SMILES string of the molecule is [2H]c1c([2H])c([2H])c(-c2cc(-c3c([2H])c([2H])c([2H])c([2H])c3[2H])c(-c3cccc(-n4c5ccccc5c5cc(-n6c7ccccc7c7cc(-c8cccc([Si](c9ccccc9)(c9ccccc9)c9ccccc9)c8)ccc76)ccc54)c3)c(-c3c([2H])c([2H])c([2H])c([2H])c3[2H])c2)c([2H])c1[2H]. The van der Waals surface area contributed by atoms with E-state index in [1.807, 2.05) is 30.3 Å². The summed E-state index contributed by atoms with van der Waals surface area (Å²) in [5.74, 6) is 0. The van der Waals surface area contributed by atoms with Crippen molar-refractivity contribution in [2.75, 3.05) is 0 Å². The molecule has 13 aromatic carbocycles. The van der Waals surface area contributed by atoms with E-state index in [1.54, 1.807) is 12.1 Å². The first-order chi connectivity index (χ1) is 46.4. The second kappa shape index (κ2) is 20.2. The third-order valence-electron chi connectivity index (χ3n) is 15.7. The first kappa shape index (κ1) is 34.5. The Morgan fingerprint density at radius 1 is 0.247 bits per heavy atom. The average Bonchev–Trinajstić information content (AvgIpc) is 1.77. The largest absolute Gasteiger partial charge is 0.309 e. The summed E-state index contributed by atoms with van der Waals surface area (Å²) in [4.78, 5) is 0. The summed E-state index contributed by atoms with van der Waals surface area (Å²) in [5.41, 5.74) is 6.49. The molecule has 2 heterocycles. The van der Waals surface area contributed by atoms with Crippen LogP contribution in [0.15, 0.2) is 327 Å². The van der Waals surface area contributed by atoms with Crippen LogP contribution in [0.3, 0.4) is 0 Å². The number of aromatic nitrogens is 2. The molecule has 0 aliphatic carbocycles. The van der Waals surface area contributed by atoms with Gasteiger partial charge in [-0.3, -0.25) is 0 Å². The van der Waals surface area contributed by atoms with Crippen LogP contribution in [0.5, 0.6) is 0 Å². The first-order valence-electron chi connectivity index (χ1n) is 34.3. The number of hydrogen-bond donors (Lipinski definition) is 0. The fourth-order valence-corrected chi connectivity index (χ4v) is 17.1. The molecule has 0 spiro atoms. The Kier molecular flexibility index (Phi) is 8.60. The Morgan fingerprint density at radius 2 is 0.667 bits per heavy atom. The van der Waals surface area contributed by atoms with E-state index in [0.29, 0.717) is 11.3 Å². The second-order valence-corrected chi connectivity index (χ2v) is 23.9. The zero-order valence-corrected chi connectivity index (χ0v) is 44.4. The molecular formula is C78H54N2Si. The van der Waals surface area contributed by atoms with E-state index in [4.69, 9.17) is 15.1 Å². The maximum absolute atomic E-state index is 9.39. The van der Waals surface area contributed by atoms with Gasteiger partial charge in [0.15, 0.2) is 8.07 Å². The quantitative estimate of drug-likeness (QED) is 0.0902. The molecule has 0 saturated heterocycles. The number of fused-ring (bicyclic) bond motifs is 6. The monoisotopic (exact) mass is 1060 g/mol. The molecule has 15 rings (SSSR count). The van der Waals surface area contributed by atoms with Gasteiger partial charge in [-0.15, -0.1) is 0 Å². The molecule has 0 N–H and O–H groups in total. The highest BCUT2D eigenvalue weighted by atomic mass is 28.3. The van der Waals surface area contributed by atoms with E-state index in [-0.39, 0.29) is 38.9 Å². The molecule has 2 aromatic heterocycles. The molecule has 0 fully saturated rings. The van der Waals surface area contributed by atoms with Crippen LogP contribution in [-0.4, -0.2) is 17.2 Å². The van der Waals surface area contributed by atoms with E-state index < -0.39 is 98.7 Å². The maximum atomic E-state index is 9.39. The Balaban J connectivity index is 0.919. The lowest BCUT2D eigenvalue weighted by Crippen LogP contribution is -2.74. The summed E-state index contributed by atoms with van der Waals surface area (Å²) in [6, 6.07) is 71.4. The predicted molar refractivity (Wildman–Crippen MR) is 346 cm³/mol. The minimum atomic E-state index is -2.84. The lowest BCUT2D eigenvalue weighted by molar-refractivity contribution is 1.17. The van der Waals surface area contributed by atoms with Crippen LogP contribution in [0.25, 0.3) is 111 Å². The highest BCUT2D eigenvalue weighted by molar-refractivity contribution is 7.19. The number of rotatable bonds is 11. The second-order valence-electron chi connectivity index (χ2n) is 20.1. The van der Waals surface area contributed by atoms with Crippen molar-refractivity contribution >= 4 is 72.4 Å². The molecular weight excluding hydrogens is 993 g/mol. The highest BCUT2D eigenvalue weighted by Gasteiger charge is 2.41. The van der Waals surface area contributed by atoms with Crippen molar-refractivity contribution in [3.05, 3.63) is 327 Å². The van der Waals surface area contributed by atoms with Gasteiger partial charge in [0.25, 0.3) is 0 Å². The van der Waals surface area contributed by atoms with Crippen LogP contribution in [0.4, 0.5) is 0 Å². The van der Waals surface area contributed by atoms with Gasteiger partial charge in [0.2, 0.25) is 0 Å². The number of hydrogen-bond acceptors (Lipinski definition) is 0.